The summed E-state index contributed by atoms with van der Waals surface area (Å²) in [7, 11) is -2.59. The van der Waals surface area contributed by atoms with Gasteiger partial charge in [-0.3, -0.25) is 4.79 Å². The second-order valence-corrected chi connectivity index (χ2v) is 13.7. The minimum absolute atomic E-state index is 0.0388. The molecule has 2 aromatic carbocycles. The van der Waals surface area contributed by atoms with Crippen molar-refractivity contribution in [3.63, 3.8) is 0 Å². The number of ether oxygens (including phenoxy) is 1. The van der Waals surface area contributed by atoms with E-state index in [1.807, 2.05) is 64.1 Å². The first-order valence-electron chi connectivity index (χ1n) is 13.9. The Morgan fingerprint density at radius 1 is 1.12 bits per heavy atom. The summed E-state index contributed by atoms with van der Waals surface area (Å²) in [4.78, 5) is 29.4. The SMILES string of the molecule is CCC(C)N(C(=O)C1CC=C(C)CN1S(=O)(=O)c1c(C)cc(OC)c(C)c1C)c1cc(-c2ccccc2)sc1C(=O)O. The number of benzene rings is 2. The second kappa shape index (κ2) is 12.4. The molecule has 1 aliphatic rings. The summed E-state index contributed by atoms with van der Waals surface area (Å²) in [5.41, 5.74) is 3.78. The molecule has 0 radical (unpaired) electrons. The number of thiophene rings is 1. The number of hydrogen-bond acceptors (Lipinski definition) is 6. The topological polar surface area (TPSA) is 104 Å². The van der Waals surface area contributed by atoms with E-state index < -0.39 is 27.9 Å². The molecule has 224 valence electrons. The van der Waals surface area contributed by atoms with Crippen LogP contribution in [-0.2, 0) is 14.8 Å². The Bertz CT molecular complexity index is 1640. The maximum absolute atomic E-state index is 14.5. The maximum Gasteiger partial charge on any atom is 0.348 e. The molecule has 8 nitrogen and oxygen atoms in total. The van der Waals surface area contributed by atoms with Crippen molar-refractivity contribution in [3.05, 3.63) is 75.7 Å². The Morgan fingerprint density at radius 2 is 1.79 bits per heavy atom. The molecule has 0 spiro atoms. The highest BCUT2D eigenvalue weighted by Gasteiger charge is 2.43. The summed E-state index contributed by atoms with van der Waals surface area (Å²) in [6.45, 7) is 11.0. The first kappa shape index (κ1) is 31.5. The number of methoxy groups -OCH3 is 1. The minimum atomic E-state index is -4.13. The second-order valence-electron chi connectivity index (χ2n) is 10.8. The Labute approximate surface area is 252 Å². The standard InChI is InChI=1S/C32H38N2O6S2/c1-8-21(4)34(26-17-28(41-29(26)32(36)37)24-12-10-9-11-13-24)31(35)25-15-14-19(2)18-33(25)42(38,39)30-20(3)16-27(40-7)22(5)23(30)6/h9-14,16-17,21,25H,8,15,18H2,1-7H3,(H,36,37). The highest BCUT2D eigenvalue weighted by Crippen LogP contribution is 2.40. The van der Waals surface area contributed by atoms with Gasteiger partial charge in [-0.2, -0.15) is 4.31 Å². The van der Waals surface area contributed by atoms with Crippen LogP contribution in [0.1, 0.15) is 60.0 Å². The number of rotatable bonds is 9. The zero-order valence-corrected chi connectivity index (χ0v) is 26.7. The van der Waals surface area contributed by atoms with Crippen LogP contribution < -0.4 is 9.64 Å². The van der Waals surface area contributed by atoms with Crippen LogP contribution in [0.3, 0.4) is 0 Å². The van der Waals surface area contributed by atoms with Gasteiger partial charge in [-0.05, 0) is 81.8 Å². The molecule has 1 amide bonds. The van der Waals surface area contributed by atoms with Crippen LogP contribution in [0.5, 0.6) is 5.75 Å². The molecule has 2 unspecified atom stereocenters. The Balaban J connectivity index is 1.86. The van der Waals surface area contributed by atoms with Crippen molar-refractivity contribution in [2.45, 2.75) is 71.4 Å². The molecule has 0 fully saturated rings. The summed E-state index contributed by atoms with van der Waals surface area (Å²) >= 11 is 1.10. The lowest BCUT2D eigenvalue weighted by Crippen LogP contribution is -2.55. The number of carboxylic acid groups (broad SMARTS) is 1. The number of amides is 1. The third-order valence-corrected chi connectivity index (χ3v) is 11.3. The van der Waals surface area contributed by atoms with Gasteiger partial charge in [0.2, 0.25) is 15.9 Å². The number of hydrogen-bond donors (Lipinski definition) is 1. The van der Waals surface area contributed by atoms with Crippen molar-refractivity contribution in [1.29, 1.82) is 0 Å². The van der Waals surface area contributed by atoms with Crippen LogP contribution >= 0.6 is 11.3 Å². The van der Waals surface area contributed by atoms with Crippen LogP contribution in [0, 0.1) is 20.8 Å². The van der Waals surface area contributed by atoms with Crippen molar-refractivity contribution in [3.8, 4) is 16.2 Å². The molecule has 2 heterocycles. The van der Waals surface area contributed by atoms with E-state index in [1.165, 1.54) is 9.21 Å². The number of sulfonamides is 1. The Morgan fingerprint density at radius 3 is 2.38 bits per heavy atom. The van der Waals surface area contributed by atoms with Gasteiger partial charge in [-0.15, -0.1) is 11.3 Å². The Kier molecular flexibility index (Phi) is 9.30. The fraction of sp³-hybridized carbons (Fsp3) is 0.375. The molecule has 2 atom stereocenters. The number of anilines is 1. The molecule has 3 aromatic rings. The number of carbonyl (C=O) groups excluding carboxylic acids is 1. The van der Waals surface area contributed by atoms with Crippen molar-refractivity contribution in [2.75, 3.05) is 18.6 Å². The summed E-state index contributed by atoms with van der Waals surface area (Å²) in [5, 5.41) is 10.2. The zero-order valence-electron chi connectivity index (χ0n) is 25.1. The predicted molar refractivity (Wildman–Crippen MR) is 167 cm³/mol. The fourth-order valence-electron chi connectivity index (χ4n) is 5.45. The van der Waals surface area contributed by atoms with Gasteiger partial charge < -0.3 is 14.7 Å². The molecule has 0 bridgehead atoms. The van der Waals surface area contributed by atoms with Gasteiger partial charge in [0.25, 0.3) is 0 Å². The van der Waals surface area contributed by atoms with Crippen LogP contribution in [0.25, 0.3) is 10.4 Å². The van der Waals surface area contributed by atoms with Crippen molar-refractivity contribution >= 4 is 38.9 Å². The van der Waals surface area contributed by atoms with Crippen molar-refractivity contribution in [2.24, 2.45) is 0 Å². The lowest BCUT2D eigenvalue weighted by molar-refractivity contribution is -0.122. The van der Waals surface area contributed by atoms with E-state index in [4.69, 9.17) is 4.74 Å². The monoisotopic (exact) mass is 610 g/mol. The normalized spacial score (nSPS) is 16.5. The van der Waals surface area contributed by atoms with Gasteiger partial charge >= 0.3 is 5.97 Å². The van der Waals surface area contributed by atoms with E-state index in [2.05, 4.69) is 0 Å². The van der Waals surface area contributed by atoms with Gasteiger partial charge in [-0.1, -0.05) is 48.9 Å². The number of aryl methyl sites for hydroxylation is 1. The van der Waals surface area contributed by atoms with Crippen molar-refractivity contribution in [1.82, 2.24) is 4.31 Å². The first-order valence-corrected chi connectivity index (χ1v) is 16.2. The smallest absolute Gasteiger partial charge is 0.348 e. The van der Waals surface area contributed by atoms with Gasteiger partial charge in [0.1, 0.15) is 16.7 Å². The summed E-state index contributed by atoms with van der Waals surface area (Å²) in [6.07, 6.45) is 2.62. The number of aromatic carboxylic acids is 1. The minimum Gasteiger partial charge on any atom is -0.496 e. The van der Waals surface area contributed by atoms with Crippen LogP contribution in [0.2, 0.25) is 0 Å². The van der Waals surface area contributed by atoms with Gasteiger partial charge in [0.15, 0.2) is 0 Å². The van der Waals surface area contributed by atoms with E-state index in [0.29, 0.717) is 33.7 Å². The van der Waals surface area contributed by atoms with Crippen LogP contribution in [0.15, 0.2) is 59.0 Å². The molecule has 4 rings (SSSR count). The summed E-state index contributed by atoms with van der Waals surface area (Å²) < 4.78 is 35.5. The average Bonchev–Trinajstić information content (AvgIpc) is 3.40. The van der Waals surface area contributed by atoms with Crippen molar-refractivity contribution < 1.29 is 27.9 Å². The molecular weight excluding hydrogens is 572 g/mol. The molecular formula is C32H38N2O6S2. The van der Waals surface area contributed by atoms with Crippen LogP contribution in [0.4, 0.5) is 5.69 Å². The van der Waals surface area contributed by atoms with Gasteiger partial charge in [0, 0.05) is 17.5 Å². The molecule has 42 heavy (non-hydrogen) atoms. The predicted octanol–water partition coefficient (Wildman–Crippen LogP) is 6.59. The molecule has 1 aromatic heterocycles. The highest BCUT2D eigenvalue weighted by atomic mass is 32.2. The van der Waals surface area contributed by atoms with E-state index >= 15 is 0 Å². The maximum atomic E-state index is 14.5. The van der Waals surface area contributed by atoms with E-state index in [-0.39, 0.29) is 34.5 Å². The largest absolute Gasteiger partial charge is 0.496 e. The number of nitrogens with zero attached hydrogens (tertiary/aromatic N) is 2. The highest BCUT2D eigenvalue weighted by molar-refractivity contribution is 7.89. The van der Waals surface area contributed by atoms with Gasteiger partial charge in [0.05, 0.1) is 17.7 Å². The first-order chi connectivity index (χ1) is 19.8. The zero-order chi connectivity index (χ0) is 30.9. The lowest BCUT2D eigenvalue weighted by Gasteiger charge is -2.38. The molecule has 0 aliphatic carbocycles. The third kappa shape index (κ3) is 5.75. The van der Waals surface area contributed by atoms with E-state index in [0.717, 1.165) is 22.5 Å². The molecule has 0 saturated carbocycles. The molecule has 0 saturated heterocycles. The summed E-state index contributed by atoms with van der Waals surface area (Å²) in [5.74, 6) is -0.985. The number of carbonyl (C=O) groups is 2. The fourth-order valence-corrected chi connectivity index (χ4v) is 8.57. The Hall–Kier alpha value is -3.47. The van der Waals surface area contributed by atoms with E-state index in [1.54, 1.807) is 33.1 Å². The van der Waals surface area contributed by atoms with E-state index in [9.17, 15) is 23.1 Å². The van der Waals surface area contributed by atoms with Crippen LogP contribution in [-0.4, -0.2) is 55.4 Å². The average molecular weight is 611 g/mol. The molecule has 10 heteroatoms. The molecule has 1 aliphatic heterocycles. The number of carboxylic acids is 1. The summed E-state index contributed by atoms with van der Waals surface area (Å²) in [6, 6.07) is 11.4. The molecule has 1 N–H and O–H groups in total. The van der Waals surface area contributed by atoms with Gasteiger partial charge in [-0.25, -0.2) is 13.2 Å². The lowest BCUT2D eigenvalue weighted by atomic mass is 10.0. The third-order valence-electron chi connectivity index (χ3n) is 7.99. The quantitative estimate of drug-likeness (QED) is 0.274.